The first-order valence-corrected chi connectivity index (χ1v) is 5.18. The summed E-state index contributed by atoms with van der Waals surface area (Å²) in [7, 11) is 0. The molecule has 2 nitrogen and oxygen atoms in total. The molecule has 0 aliphatic carbocycles. The van der Waals surface area contributed by atoms with E-state index in [9.17, 15) is 4.79 Å². The summed E-state index contributed by atoms with van der Waals surface area (Å²) in [6.45, 7) is 1.79. The van der Waals surface area contributed by atoms with E-state index in [0.717, 1.165) is 10.8 Å². The third-order valence-electron chi connectivity index (χ3n) is 2.74. The molecule has 1 heterocycles. The summed E-state index contributed by atoms with van der Waals surface area (Å²) >= 11 is 0. The molecular weight excluding hydrogens is 200 g/mol. The molecule has 16 heavy (non-hydrogen) atoms. The summed E-state index contributed by atoms with van der Waals surface area (Å²) in [6.07, 6.45) is 0. The van der Waals surface area contributed by atoms with E-state index in [1.165, 1.54) is 6.07 Å². The zero-order valence-corrected chi connectivity index (χ0v) is 8.86. The Morgan fingerprint density at radius 3 is 2.69 bits per heavy atom. The Morgan fingerprint density at radius 1 is 1.00 bits per heavy atom. The van der Waals surface area contributed by atoms with Crippen LogP contribution in [0, 0.1) is 6.92 Å². The molecule has 78 valence electrons. The number of hydrogen-bond acceptors (Lipinski definition) is 2. The first-order chi connectivity index (χ1) is 7.75. The first-order valence-electron chi connectivity index (χ1n) is 5.18. The van der Waals surface area contributed by atoms with E-state index in [1.807, 2.05) is 36.4 Å². The monoisotopic (exact) mass is 210 g/mol. The van der Waals surface area contributed by atoms with Crippen LogP contribution < -0.4 is 5.43 Å². The molecule has 0 saturated heterocycles. The van der Waals surface area contributed by atoms with E-state index < -0.39 is 0 Å². The molecule has 0 atom stereocenters. The van der Waals surface area contributed by atoms with Crippen LogP contribution in [0.25, 0.3) is 21.7 Å². The molecule has 0 aliphatic rings. The van der Waals surface area contributed by atoms with Gasteiger partial charge >= 0.3 is 0 Å². The van der Waals surface area contributed by atoms with Crippen molar-refractivity contribution < 1.29 is 4.42 Å². The van der Waals surface area contributed by atoms with Crippen molar-refractivity contribution in [1.29, 1.82) is 0 Å². The van der Waals surface area contributed by atoms with E-state index >= 15 is 0 Å². The highest BCUT2D eigenvalue weighted by Crippen LogP contribution is 2.23. The number of rotatable bonds is 0. The van der Waals surface area contributed by atoms with Crippen molar-refractivity contribution in [3.63, 3.8) is 0 Å². The standard InChI is InChI=1S/C14H10O2/c1-9-8-13(15)12-7-6-10-4-2-3-5-11(10)14(12)16-9/h2-8H,1H3. The van der Waals surface area contributed by atoms with Crippen LogP contribution >= 0.6 is 0 Å². The van der Waals surface area contributed by atoms with Crippen molar-refractivity contribution in [1.82, 2.24) is 0 Å². The Balaban J connectivity index is 2.65. The summed E-state index contributed by atoms with van der Waals surface area (Å²) < 4.78 is 5.66. The Morgan fingerprint density at radius 2 is 1.81 bits per heavy atom. The molecule has 2 aromatic carbocycles. The highest BCUT2D eigenvalue weighted by Gasteiger charge is 2.05. The lowest BCUT2D eigenvalue weighted by atomic mass is 10.1. The van der Waals surface area contributed by atoms with Crippen LogP contribution in [0.3, 0.4) is 0 Å². The summed E-state index contributed by atoms with van der Waals surface area (Å²) in [6, 6.07) is 13.2. The van der Waals surface area contributed by atoms with Gasteiger partial charge in [-0.25, -0.2) is 0 Å². The molecule has 0 aliphatic heterocycles. The second kappa shape index (κ2) is 3.20. The number of hydrogen-bond donors (Lipinski definition) is 0. The zero-order chi connectivity index (χ0) is 11.1. The average molecular weight is 210 g/mol. The highest BCUT2D eigenvalue weighted by molar-refractivity contribution is 6.03. The Hall–Kier alpha value is -2.09. The van der Waals surface area contributed by atoms with Crippen LogP contribution in [0.15, 0.2) is 51.7 Å². The Bertz CT molecular complexity index is 738. The van der Waals surface area contributed by atoms with Crippen molar-refractivity contribution in [2.45, 2.75) is 6.92 Å². The molecule has 0 radical (unpaired) electrons. The molecule has 2 heteroatoms. The lowest BCUT2D eigenvalue weighted by Crippen LogP contribution is -2.00. The fourth-order valence-corrected chi connectivity index (χ4v) is 2.00. The van der Waals surface area contributed by atoms with E-state index in [1.54, 1.807) is 6.92 Å². The lowest BCUT2D eigenvalue weighted by molar-refractivity contribution is 0.568. The van der Waals surface area contributed by atoms with E-state index in [-0.39, 0.29) is 5.43 Å². The van der Waals surface area contributed by atoms with Gasteiger partial charge in [0.05, 0.1) is 5.39 Å². The van der Waals surface area contributed by atoms with E-state index in [0.29, 0.717) is 16.7 Å². The maximum atomic E-state index is 11.8. The lowest BCUT2D eigenvalue weighted by Gasteiger charge is -2.02. The SMILES string of the molecule is Cc1cc(=O)c2ccc3ccccc3c2o1. The second-order valence-electron chi connectivity index (χ2n) is 3.88. The van der Waals surface area contributed by atoms with Crippen LogP contribution in [0.5, 0.6) is 0 Å². The quantitative estimate of drug-likeness (QED) is 0.533. The molecule has 0 amide bonds. The smallest absolute Gasteiger partial charge is 0.192 e. The van der Waals surface area contributed by atoms with E-state index in [2.05, 4.69) is 0 Å². The zero-order valence-electron chi connectivity index (χ0n) is 8.86. The third-order valence-corrected chi connectivity index (χ3v) is 2.74. The highest BCUT2D eigenvalue weighted by atomic mass is 16.3. The van der Waals surface area contributed by atoms with Gasteiger partial charge in [-0.15, -0.1) is 0 Å². The first kappa shape index (κ1) is 9.16. The maximum absolute atomic E-state index is 11.8. The average Bonchev–Trinajstić information content (AvgIpc) is 2.28. The molecular formula is C14H10O2. The molecule has 3 rings (SSSR count). The second-order valence-corrected chi connectivity index (χ2v) is 3.88. The summed E-state index contributed by atoms with van der Waals surface area (Å²) in [5, 5.41) is 2.72. The van der Waals surface area contributed by atoms with Gasteiger partial charge in [0.2, 0.25) is 0 Å². The molecule has 0 spiro atoms. The number of fused-ring (bicyclic) bond motifs is 3. The van der Waals surface area contributed by atoms with Crippen molar-refractivity contribution in [2.75, 3.05) is 0 Å². The van der Waals surface area contributed by atoms with Crippen LogP contribution in [-0.4, -0.2) is 0 Å². The minimum atomic E-state index is 0.0181. The molecule has 3 aromatic rings. The minimum absolute atomic E-state index is 0.0181. The van der Waals surface area contributed by atoms with Gasteiger partial charge in [0, 0.05) is 11.5 Å². The van der Waals surface area contributed by atoms with Crippen LogP contribution in [0.4, 0.5) is 0 Å². The van der Waals surface area contributed by atoms with Gasteiger partial charge in [-0.3, -0.25) is 4.79 Å². The molecule has 0 N–H and O–H groups in total. The topological polar surface area (TPSA) is 30.2 Å². The molecule has 0 saturated carbocycles. The molecule has 1 aromatic heterocycles. The minimum Gasteiger partial charge on any atom is -0.460 e. The summed E-state index contributed by atoms with van der Waals surface area (Å²) in [4.78, 5) is 11.8. The van der Waals surface area contributed by atoms with Gasteiger partial charge in [0.15, 0.2) is 5.43 Å². The third kappa shape index (κ3) is 1.23. The summed E-state index contributed by atoms with van der Waals surface area (Å²) in [5.74, 6) is 0.647. The van der Waals surface area contributed by atoms with E-state index in [4.69, 9.17) is 4.42 Å². The van der Waals surface area contributed by atoms with Gasteiger partial charge in [-0.05, 0) is 18.4 Å². The van der Waals surface area contributed by atoms with Crippen LogP contribution in [0.1, 0.15) is 5.76 Å². The van der Waals surface area contributed by atoms with Gasteiger partial charge in [0.1, 0.15) is 11.3 Å². The summed E-state index contributed by atoms with van der Waals surface area (Å²) in [5.41, 5.74) is 0.701. The number of benzene rings is 2. The maximum Gasteiger partial charge on any atom is 0.192 e. The fraction of sp³-hybridized carbons (Fsp3) is 0.0714. The van der Waals surface area contributed by atoms with Gasteiger partial charge in [-0.2, -0.15) is 0 Å². The Labute approximate surface area is 92.1 Å². The normalized spacial score (nSPS) is 11.1. The predicted molar refractivity (Wildman–Crippen MR) is 64.7 cm³/mol. The van der Waals surface area contributed by atoms with Crippen molar-refractivity contribution in [2.24, 2.45) is 0 Å². The van der Waals surface area contributed by atoms with Gasteiger partial charge in [-0.1, -0.05) is 30.3 Å². The molecule has 0 bridgehead atoms. The van der Waals surface area contributed by atoms with Gasteiger partial charge < -0.3 is 4.42 Å². The van der Waals surface area contributed by atoms with Crippen molar-refractivity contribution in [3.8, 4) is 0 Å². The number of aryl methyl sites for hydroxylation is 1. The van der Waals surface area contributed by atoms with Crippen molar-refractivity contribution >= 4 is 21.7 Å². The molecule has 0 fully saturated rings. The van der Waals surface area contributed by atoms with Gasteiger partial charge in [0.25, 0.3) is 0 Å². The Kier molecular flexibility index (Phi) is 1.83. The van der Waals surface area contributed by atoms with Crippen LogP contribution in [-0.2, 0) is 0 Å². The van der Waals surface area contributed by atoms with Crippen molar-refractivity contribution in [3.05, 3.63) is 58.4 Å². The predicted octanol–water partition coefficient (Wildman–Crippen LogP) is 3.25. The van der Waals surface area contributed by atoms with Crippen LogP contribution in [0.2, 0.25) is 0 Å². The largest absolute Gasteiger partial charge is 0.460 e. The molecule has 0 unspecified atom stereocenters. The fourth-order valence-electron chi connectivity index (χ4n) is 2.00.